The number of aromatic nitrogens is 6. The predicted molar refractivity (Wildman–Crippen MR) is 150 cm³/mol. The van der Waals surface area contributed by atoms with Gasteiger partial charge in [-0.1, -0.05) is 75.7 Å². The van der Waals surface area contributed by atoms with Gasteiger partial charge >= 0.3 is 0 Å². The highest BCUT2D eigenvalue weighted by Crippen LogP contribution is 2.52. The number of aromatic amines is 1. The molecule has 1 N–H and O–H groups in total. The first-order valence-electron chi connectivity index (χ1n) is 14.3. The molecule has 0 saturated heterocycles. The highest BCUT2D eigenvalue weighted by atomic mass is 16.1. The van der Waals surface area contributed by atoms with Gasteiger partial charge < -0.3 is 0 Å². The van der Waals surface area contributed by atoms with Crippen molar-refractivity contribution >= 4 is 0 Å². The van der Waals surface area contributed by atoms with Crippen molar-refractivity contribution in [2.24, 2.45) is 0 Å². The van der Waals surface area contributed by atoms with Crippen molar-refractivity contribution in [2.45, 2.75) is 96.1 Å². The van der Waals surface area contributed by atoms with Gasteiger partial charge in [-0.25, -0.2) is 9.78 Å². The van der Waals surface area contributed by atoms with E-state index in [1.54, 1.807) is 0 Å². The normalized spacial score (nSPS) is 22.1. The van der Waals surface area contributed by atoms with Gasteiger partial charge in [-0.2, -0.15) is 0 Å². The number of benzene rings is 2. The molecule has 2 bridgehead atoms. The summed E-state index contributed by atoms with van der Waals surface area (Å²) in [6.45, 7) is 6.82. The van der Waals surface area contributed by atoms with Gasteiger partial charge in [0.1, 0.15) is 0 Å². The molecule has 1 saturated carbocycles. The van der Waals surface area contributed by atoms with Gasteiger partial charge in [-0.15, -0.1) is 5.10 Å². The predicted octanol–water partition coefficient (Wildman–Crippen LogP) is 6.23. The van der Waals surface area contributed by atoms with E-state index in [1.165, 1.54) is 24.1 Å². The van der Waals surface area contributed by atoms with Crippen LogP contribution in [0.15, 0.2) is 53.3 Å². The van der Waals surface area contributed by atoms with E-state index >= 15 is 0 Å². The molecule has 0 spiro atoms. The number of tetrazole rings is 1. The Morgan fingerprint density at radius 1 is 0.868 bits per heavy atom. The molecule has 2 aromatic carbocycles. The van der Waals surface area contributed by atoms with Gasteiger partial charge in [-0.3, -0.25) is 9.48 Å². The van der Waals surface area contributed by atoms with Crippen molar-refractivity contribution < 1.29 is 0 Å². The number of unbranched alkanes of at least 4 members (excludes halogenated alkanes) is 1. The van der Waals surface area contributed by atoms with Crippen molar-refractivity contribution in [3.63, 3.8) is 0 Å². The lowest BCUT2D eigenvalue weighted by atomic mass is 9.68. The van der Waals surface area contributed by atoms with Gasteiger partial charge in [-0.05, 0) is 78.5 Å². The summed E-state index contributed by atoms with van der Waals surface area (Å²) in [7, 11) is 0. The van der Waals surface area contributed by atoms with Crippen LogP contribution >= 0.6 is 0 Å². The zero-order valence-electron chi connectivity index (χ0n) is 22.8. The fourth-order valence-corrected chi connectivity index (χ4v) is 7.13. The summed E-state index contributed by atoms with van der Waals surface area (Å²) in [5, 5.41) is 14.5. The molecule has 4 heterocycles. The molecule has 0 atom stereocenters. The van der Waals surface area contributed by atoms with Crippen LogP contribution in [-0.2, 0) is 23.9 Å². The number of fused-ring (bicyclic) bond motifs is 2. The molecule has 7 rings (SSSR count). The highest BCUT2D eigenvalue weighted by molar-refractivity contribution is 5.80. The van der Waals surface area contributed by atoms with Crippen molar-refractivity contribution in [3.05, 3.63) is 75.7 Å². The second kappa shape index (κ2) is 9.68. The van der Waals surface area contributed by atoms with E-state index in [4.69, 9.17) is 0 Å². The monoisotopic (exact) mass is 510 g/mol. The molecule has 0 amide bonds. The first-order valence-corrected chi connectivity index (χ1v) is 14.3. The Labute approximate surface area is 224 Å². The summed E-state index contributed by atoms with van der Waals surface area (Å²) in [6, 6.07) is 16.8. The molecule has 7 nitrogen and oxygen atoms in total. The number of H-pyrrole nitrogens is 1. The second-order valence-corrected chi connectivity index (χ2v) is 11.3. The molecular weight excluding hydrogens is 472 g/mol. The van der Waals surface area contributed by atoms with E-state index in [2.05, 4.69) is 81.1 Å². The Kier molecular flexibility index (Phi) is 6.33. The molecule has 2 aliphatic heterocycles. The first-order chi connectivity index (χ1) is 18.6. The summed E-state index contributed by atoms with van der Waals surface area (Å²) in [5.41, 5.74) is 6.96. The van der Waals surface area contributed by atoms with E-state index in [1.807, 2.05) is 18.2 Å². The van der Waals surface area contributed by atoms with E-state index < -0.39 is 0 Å². The summed E-state index contributed by atoms with van der Waals surface area (Å²) < 4.78 is 4.76. The molecule has 2 aromatic heterocycles. The number of hydrogen-bond donors (Lipinski definition) is 1. The van der Waals surface area contributed by atoms with E-state index in [9.17, 15) is 4.79 Å². The Morgan fingerprint density at radius 2 is 1.53 bits per heavy atom. The van der Waals surface area contributed by atoms with Crippen LogP contribution in [0.3, 0.4) is 0 Å². The molecule has 0 radical (unpaired) electrons. The minimum absolute atomic E-state index is 0.0175. The van der Waals surface area contributed by atoms with E-state index in [0.717, 1.165) is 67.2 Å². The molecule has 7 heteroatoms. The average Bonchev–Trinajstić information content (AvgIpc) is 3.61. The molecule has 3 aliphatic rings. The zero-order valence-corrected chi connectivity index (χ0v) is 22.8. The third-order valence-corrected chi connectivity index (χ3v) is 9.52. The lowest BCUT2D eigenvalue weighted by Gasteiger charge is -2.55. The zero-order chi connectivity index (χ0) is 26.3. The SMILES string of the molecule is CCCCc1c(Cc2ccc(-c3ccccc3-c3nnn[nH]3)cc2)c(=O)n2n1C1(CC)CCC2(CC)CC1. The lowest BCUT2D eigenvalue weighted by molar-refractivity contribution is -0.0295. The van der Waals surface area contributed by atoms with Crippen molar-refractivity contribution in [1.29, 1.82) is 0 Å². The second-order valence-electron chi connectivity index (χ2n) is 11.3. The average molecular weight is 511 g/mol. The molecule has 1 aliphatic carbocycles. The molecule has 4 aromatic rings. The van der Waals surface area contributed by atoms with Crippen molar-refractivity contribution in [2.75, 3.05) is 0 Å². The maximum atomic E-state index is 14.2. The summed E-state index contributed by atoms with van der Waals surface area (Å²) >= 11 is 0. The van der Waals surface area contributed by atoms with Gasteiger partial charge in [0.2, 0.25) is 0 Å². The van der Waals surface area contributed by atoms with Crippen molar-refractivity contribution in [1.82, 2.24) is 30.0 Å². The third kappa shape index (κ3) is 3.77. The van der Waals surface area contributed by atoms with Crippen LogP contribution in [0.1, 0.15) is 89.0 Å². The number of nitrogens with one attached hydrogen (secondary N) is 1. The van der Waals surface area contributed by atoms with Crippen LogP contribution in [0.4, 0.5) is 0 Å². The minimum Gasteiger partial charge on any atom is -0.280 e. The molecule has 1 fully saturated rings. The quantitative estimate of drug-likeness (QED) is 0.289. The topological polar surface area (TPSA) is 81.4 Å². The first kappa shape index (κ1) is 24.8. The number of hydrogen-bond acceptors (Lipinski definition) is 4. The number of rotatable bonds is 9. The Balaban J connectivity index is 1.40. The molecule has 38 heavy (non-hydrogen) atoms. The third-order valence-electron chi connectivity index (χ3n) is 9.52. The van der Waals surface area contributed by atoms with Crippen LogP contribution in [0.5, 0.6) is 0 Å². The Hall–Kier alpha value is -3.48. The van der Waals surface area contributed by atoms with Gasteiger partial charge in [0, 0.05) is 23.2 Å². The summed E-state index contributed by atoms with van der Waals surface area (Å²) in [4.78, 5) is 14.2. The molecule has 0 unspecified atom stereocenters. The largest absolute Gasteiger partial charge is 0.280 e. The number of nitrogens with zero attached hydrogens (tertiary/aromatic N) is 5. The highest BCUT2D eigenvalue weighted by Gasteiger charge is 2.52. The Morgan fingerprint density at radius 3 is 2.13 bits per heavy atom. The fourth-order valence-electron chi connectivity index (χ4n) is 7.13. The van der Waals surface area contributed by atoms with E-state index in [0.29, 0.717) is 12.2 Å². The Bertz CT molecular complexity index is 1470. The van der Waals surface area contributed by atoms with Crippen LogP contribution in [0, 0.1) is 0 Å². The smallest absolute Gasteiger partial charge is 0.271 e. The molecular formula is C31H38N6O. The van der Waals surface area contributed by atoms with Crippen molar-refractivity contribution in [3.8, 4) is 22.5 Å². The van der Waals surface area contributed by atoms with Crippen LogP contribution in [-0.4, -0.2) is 30.0 Å². The summed E-state index contributed by atoms with van der Waals surface area (Å²) in [6.07, 6.45) is 10.7. The lowest BCUT2D eigenvalue weighted by Crippen LogP contribution is -2.59. The fraction of sp³-hybridized carbons (Fsp3) is 0.484. The van der Waals surface area contributed by atoms with Gasteiger partial charge in [0.25, 0.3) is 5.56 Å². The van der Waals surface area contributed by atoms with E-state index in [-0.39, 0.29) is 16.6 Å². The standard InChI is InChI=1S/C31H38N6O/c1-4-7-12-27-26(29(38)37-31(6-3)19-17-30(5-2,18-20-31)36(27)37)21-22-13-15-23(16-14-22)24-10-8-9-11-25(24)28-32-34-35-33-28/h8-11,13-16H,4-7,12,17-21H2,1-3H3,(H,32,33,34,35). The maximum absolute atomic E-state index is 14.2. The summed E-state index contributed by atoms with van der Waals surface area (Å²) in [5.74, 6) is 0.655. The van der Waals surface area contributed by atoms with Crippen LogP contribution in [0.2, 0.25) is 0 Å². The van der Waals surface area contributed by atoms with Gasteiger partial charge in [0.05, 0.1) is 11.1 Å². The van der Waals surface area contributed by atoms with Gasteiger partial charge in [0.15, 0.2) is 5.82 Å². The minimum atomic E-state index is -0.0175. The van der Waals surface area contributed by atoms with Crippen LogP contribution in [0.25, 0.3) is 22.5 Å². The van der Waals surface area contributed by atoms with Crippen LogP contribution < -0.4 is 5.56 Å². The maximum Gasteiger partial charge on any atom is 0.271 e. The molecule has 198 valence electrons.